The molecule has 0 bridgehead atoms. The lowest BCUT2D eigenvalue weighted by Crippen LogP contribution is -2.28. The number of alkyl halides is 3. The zero-order valence-electron chi connectivity index (χ0n) is 20.3. The van der Waals surface area contributed by atoms with Crippen LogP contribution in [0.25, 0.3) is 50.4 Å². The highest BCUT2D eigenvalue weighted by Gasteiger charge is 2.48. The number of halogens is 3. The monoisotopic (exact) mass is 532 g/mol. The van der Waals surface area contributed by atoms with E-state index in [1.165, 1.54) is 18.2 Å². The van der Waals surface area contributed by atoms with E-state index in [-0.39, 0.29) is 0 Å². The van der Waals surface area contributed by atoms with Crippen LogP contribution in [0.15, 0.2) is 105 Å². The predicted octanol–water partition coefficient (Wildman–Crippen LogP) is 8.93. The molecule has 4 aromatic carbocycles. The number of allylic oxidation sites excluding steroid dienone is 4. The molecule has 192 valence electrons. The molecule has 0 saturated carbocycles. The van der Waals surface area contributed by atoms with Crippen LogP contribution in [0.2, 0.25) is 0 Å². The summed E-state index contributed by atoms with van der Waals surface area (Å²) in [6, 6.07) is 17.3. The van der Waals surface area contributed by atoms with Crippen LogP contribution >= 0.6 is 0 Å². The summed E-state index contributed by atoms with van der Waals surface area (Å²) in [6.45, 7) is 15.9. The molecule has 0 N–H and O–H groups in total. The van der Waals surface area contributed by atoms with Crippen molar-refractivity contribution in [1.29, 1.82) is 0 Å². The third-order valence-corrected chi connectivity index (χ3v) is 7.08. The fourth-order valence-electron chi connectivity index (χ4n) is 4.51. The maximum absolute atomic E-state index is 12.7. The fraction of sp³-hybridized carbons (Fsp3) is 0.0323. The molecule has 0 aliphatic rings. The van der Waals surface area contributed by atoms with Crippen molar-refractivity contribution < 1.29 is 25.8 Å². The first kappa shape index (κ1) is 26.7. The van der Waals surface area contributed by atoms with Gasteiger partial charge in [-0.2, -0.15) is 21.6 Å². The summed E-state index contributed by atoms with van der Waals surface area (Å²) in [5.41, 5.74) is -0.252. The highest BCUT2D eigenvalue weighted by molar-refractivity contribution is 7.88. The molecule has 0 aromatic heterocycles. The van der Waals surface area contributed by atoms with Gasteiger partial charge in [-0.05, 0) is 73.1 Å². The minimum Gasteiger partial charge on any atom is -0.376 e. The Hall–Kier alpha value is -4.36. The standard InChI is InChI=1S/C31H23F3O3S/c1-5-11-20(6-2)29-25(7-3)26(8-4)30(28-13-10-9-12-27(28)29)23-15-14-22-19-24(17-16-21(22)18-23)37-38(35,36)31(32,33)34/h5-19H,1-4H2/b20-11+. The van der Waals surface area contributed by atoms with Crippen molar-refractivity contribution in [1.82, 2.24) is 0 Å². The van der Waals surface area contributed by atoms with Crippen molar-refractivity contribution in [2.75, 3.05) is 0 Å². The van der Waals surface area contributed by atoms with Gasteiger partial charge in [0.15, 0.2) is 0 Å². The predicted molar refractivity (Wildman–Crippen MR) is 151 cm³/mol. The van der Waals surface area contributed by atoms with Crippen molar-refractivity contribution in [3.05, 3.63) is 122 Å². The number of benzene rings is 4. The Labute approximate surface area is 219 Å². The Kier molecular flexibility index (Phi) is 7.16. The average molecular weight is 533 g/mol. The van der Waals surface area contributed by atoms with Gasteiger partial charge in [-0.3, -0.25) is 0 Å². The molecule has 4 aromatic rings. The number of hydrogen-bond acceptors (Lipinski definition) is 3. The van der Waals surface area contributed by atoms with Gasteiger partial charge in [-0.15, -0.1) is 0 Å². The van der Waals surface area contributed by atoms with Crippen LogP contribution in [-0.2, 0) is 10.1 Å². The van der Waals surface area contributed by atoms with Gasteiger partial charge >= 0.3 is 15.6 Å². The summed E-state index contributed by atoms with van der Waals surface area (Å²) in [5, 5.41) is 3.12. The molecule has 0 amide bonds. The van der Waals surface area contributed by atoms with Crippen LogP contribution in [0.3, 0.4) is 0 Å². The third kappa shape index (κ3) is 4.68. The van der Waals surface area contributed by atoms with E-state index < -0.39 is 21.4 Å². The minimum absolute atomic E-state index is 0.427. The number of fused-ring (bicyclic) bond motifs is 2. The molecule has 38 heavy (non-hydrogen) atoms. The molecule has 0 unspecified atom stereocenters. The van der Waals surface area contributed by atoms with Crippen LogP contribution in [0.4, 0.5) is 13.2 Å². The molecular weight excluding hydrogens is 509 g/mol. The first-order chi connectivity index (χ1) is 18.1. The maximum Gasteiger partial charge on any atom is 0.534 e. The van der Waals surface area contributed by atoms with E-state index in [1.807, 2.05) is 42.5 Å². The van der Waals surface area contributed by atoms with E-state index in [2.05, 4.69) is 30.5 Å². The van der Waals surface area contributed by atoms with Gasteiger partial charge in [-0.1, -0.05) is 99.2 Å². The molecule has 0 heterocycles. The molecule has 4 rings (SSSR count). The normalized spacial score (nSPS) is 12.3. The Morgan fingerprint density at radius 1 is 0.816 bits per heavy atom. The third-order valence-electron chi connectivity index (χ3n) is 6.10. The Bertz CT molecular complexity index is 1760. The van der Waals surface area contributed by atoms with Crippen molar-refractivity contribution in [3.8, 4) is 16.9 Å². The lowest BCUT2D eigenvalue weighted by molar-refractivity contribution is -0.0500. The molecule has 0 spiro atoms. The van der Waals surface area contributed by atoms with Crippen molar-refractivity contribution in [3.63, 3.8) is 0 Å². The second kappa shape index (κ2) is 10.2. The van der Waals surface area contributed by atoms with Crippen molar-refractivity contribution in [2.45, 2.75) is 5.51 Å². The van der Waals surface area contributed by atoms with Crippen LogP contribution in [-0.4, -0.2) is 13.9 Å². The first-order valence-electron chi connectivity index (χ1n) is 11.4. The van der Waals surface area contributed by atoms with Gasteiger partial charge in [-0.25, -0.2) is 0 Å². The van der Waals surface area contributed by atoms with Crippen LogP contribution in [0.5, 0.6) is 5.75 Å². The number of rotatable bonds is 8. The van der Waals surface area contributed by atoms with Gasteiger partial charge in [0.05, 0.1) is 0 Å². The van der Waals surface area contributed by atoms with E-state index in [1.54, 1.807) is 30.4 Å². The molecule has 3 nitrogen and oxygen atoms in total. The van der Waals surface area contributed by atoms with E-state index >= 15 is 0 Å². The molecule has 0 aliphatic heterocycles. The zero-order chi connectivity index (χ0) is 27.7. The van der Waals surface area contributed by atoms with Crippen LogP contribution in [0, 0.1) is 0 Å². The molecule has 0 saturated heterocycles. The molecule has 0 atom stereocenters. The second-order valence-electron chi connectivity index (χ2n) is 8.30. The number of hydrogen-bond donors (Lipinski definition) is 0. The van der Waals surface area contributed by atoms with E-state index in [0.717, 1.165) is 44.2 Å². The van der Waals surface area contributed by atoms with E-state index in [9.17, 15) is 21.6 Å². The zero-order valence-corrected chi connectivity index (χ0v) is 21.1. The molecule has 0 aliphatic carbocycles. The Morgan fingerprint density at radius 3 is 2.05 bits per heavy atom. The van der Waals surface area contributed by atoms with Gasteiger partial charge in [0.2, 0.25) is 0 Å². The minimum atomic E-state index is -5.77. The molecule has 7 heteroatoms. The summed E-state index contributed by atoms with van der Waals surface area (Å²) in [7, 11) is -5.77. The van der Waals surface area contributed by atoms with Crippen LogP contribution in [0.1, 0.15) is 16.7 Å². The second-order valence-corrected chi connectivity index (χ2v) is 9.84. The summed E-state index contributed by atoms with van der Waals surface area (Å²) < 4.78 is 65.3. The summed E-state index contributed by atoms with van der Waals surface area (Å²) in [5.74, 6) is -0.427. The maximum atomic E-state index is 12.7. The highest BCUT2D eigenvalue weighted by atomic mass is 32.2. The smallest absolute Gasteiger partial charge is 0.376 e. The van der Waals surface area contributed by atoms with Gasteiger partial charge < -0.3 is 4.18 Å². The fourth-order valence-corrected chi connectivity index (χ4v) is 4.96. The summed E-state index contributed by atoms with van der Waals surface area (Å²) in [6.07, 6.45) is 8.87. The van der Waals surface area contributed by atoms with Gasteiger partial charge in [0.1, 0.15) is 5.75 Å². The van der Waals surface area contributed by atoms with Crippen molar-refractivity contribution in [2.24, 2.45) is 0 Å². The van der Waals surface area contributed by atoms with Crippen LogP contribution < -0.4 is 4.18 Å². The highest BCUT2D eigenvalue weighted by Crippen LogP contribution is 2.42. The SMILES string of the molecule is C=C/C=C(\C=C)c1c(C=C)c(C=C)c(-c2ccc3cc(OS(=O)(=O)C(F)(F)F)ccc3c2)c2ccccc12. The Morgan fingerprint density at radius 2 is 1.45 bits per heavy atom. The first-order valence-corrected chi connectivity index (χ1v) is 12.8. The lowest BCUT2D eigenvalue weighted by atomic mass is 9.83. The molecule has 0 fully saturated rings. The summed E-state index contributed by atoms with van der Waals surface area (Å²) in [4.78, 5) is 0. The molecule has 0 radical (unpaired) electrons. The topological polar surface area (TPSA) is 43.4 Å². The van der Waals surface area contributed by atoms with E-state index in [0.29, 0.717) is 10.8 Å². The lowest BCUT2D eigenvalue weighted by Gasteiger charge is -2.20. The Balaban J connectivity index is 1.96. The van der Waals surface area contributed by atoms with Gasteiger partial charge in [0, 0.05) is 0 Å². The van der Waals surface area contributed by atoms with E-state index in [4.69, 9.17) is 0 Å². The largest absolute Gasteiger partial charge is 0.534 e. The summed E-state index contributed by atoms with van der Waals surface area (Å²) >= 11 is 0. The van der Waals surface area contributed by atoms with Gasteiger partial charge in [0.25, 0.3) is 0 Å². The molecular formula is C31H23F3O3S. The average Bonchev–Trinajstić information content (AvgIpc) is 2.89. The van der Waals surface area contributed by atoms with Crippen molar-refractivity contribution >= 4 is 49.4 Å². The quantitative estimate of drug-likeness (QED) is 0.129.